The van der Waals surface area contributed by atoms with Crippen LogP contribution in [0.5, 0.6) is 5.75 Å². The molecule has 128 valence electrons. The number of para-hydroxylation sites is 1. The van der Waals surface area contributed by atoms with Crippen LogP contribution in [0.3, 0.4) is 0 Å². The number of hydrogen-bond donors (Lipinski definition) is 2. The minimum absolute atomic E-state index is 0.217. The topological polar surface area (TPSA) is 45.6 Å². The molecule has 0 saturated heterocycles. The Bertz CT molecular complexity index is 673. The number of nitrogens with zero attached hydrogens (tertiary/aromatic N) is 1. The van der Waals surface area contributed by atoms with E-state index in [1.807, 2.05) is 31.2 Å². The van der Waals surface area contributed by atoms with Crippen molar-refractivity contribution in [2.75, 3.05) is 20.2 Å². The lowest BCUT2D eigenvalue weighted by atomic mass is 10.1. The molecule has 2 rings (SSSR count). The first-order chi connectivity index (χ1) is 11.7. The summed E-state index contributed by atoms with van der Waals surface area (Å²) < 4.78 is 19.2. The summed E-state index contributed by atoms with van der Waals surface area (Å²) in [6.07, 6.45) is 0.816. The van der Waals surface area contributed by atoms with Gasteiger partial charge in [0.1, 0.15) is 11.6 Å². The normalized spacial score (nSPS) is 11.2. The molecule has 0 aliphatic carbocycles. The molecular formula is C19H24FN3O. The molecule has 0 saturated carbocycles. The minimum Gasteiger partial charge on any atom is -0.494 e. The average Bonchev–Trinajstić information content (AvgIpc) is 2.61. The van der Waals surface area contributed by atoms with Crippen LogP contribution in [-0.2, 0) is 13.0 Å². The largest absolute Gasteiger partial charge is 0.494 e. The zero-order valence-electron chi connectivity index (χ0n) is 14.2. The van der Waals surface area contributed by atoms with Gasteiger partial charge >= 0.3 is 0 Å². The Morgan fingerprint density at radius 3 is 2.46 bits per heavy atom. The Balaban J connectivity index is 1.83. The van der Waals surface area contributed by atoms with Gasteiger partial charge in [0.25, 0.3) is 0 Å². The highest BCUT2D eigenvalue weighted by Gasteiger charge is 2.04. The SMILES string of the molecule is CCOc1ccccc1CCNC(=NC)NCc1ccccc1F. The molecule has 2 N–H and O–H groups in total. The van der Waals surface area contributed by atoms with Crippen molar-refractivity contribution in [1.82, 2.24) is 10.6 Å². The van der Waals surface area contributed by atoms with E-state index in [0.29, 0.717) is 31.2 Å². The van der Waals surface area contributed by atoms with Crippen LogP contribution in [0.1, 0.15) is 18.1 Å². The summed E-state index contributed by atoms with van der Waals surface area (Å²) in [7, 11) is 1.70. The summed E-state index contributed by atoms with van der Waals surface area (Å²) in [5.41, 5.74) is 1.76. The lowest BCUT2D eigenvalue weighted by Gasteiger charge is -2.14. The van der Waals surface area contributed by atoms with Crippen molar-refractivity contribution in [2.24, 2.45) is 4.99 Å². The summed E-state index contributed by atoms with van der Waals surface area (Å²) in [5.74, 6) is 1.34. The van der Waals surface area contributed by atoms with Gasteiger partial charge in [0.15, 0.2) is 5.96 Å². The molecule has 0 amide bonds. The molecule has 0 aliphatic heterocycles. The molecule has 0 aromatic heterocycles. The molecule has 0 fully saturated rings. The molecule has 0 bridgehead atoms. The van der Waals surface area contributed by atoms with Crippen molar-refractivity contribution in [3.8, 4) is 5.75 Å². The molecule has 24 heavy (non-hydrogen) atoms. The van der Waals surface area contributed by atoms with Gasteiger partial charge in [0.2, 0.25) is 0 Å². The van der Waals surface area contributed by atoms with Crippen LogP contribution in [0, 0.1) is 5.82 Å². The van der Waals surface area contributed by atoms with E-state index in [0.717, 1.165) is 17.7 Å². The minimum atomic E-state index is -0.217. The van der Waals surface area contributed by atoms with Crippen LogP contribution in [0.15, 0.2) is 53.5 Å². The van der Waals surface area contributed by atoms with E-state index in [1.165, 1.54) is 6.07 Å². The fraction of sp³-hybridized carbons (Fsp3) is 0.316. The fourth-order valence-corrected chi connectivity index (χ4v) is 2.36. The number of hydrogen-bond acceptors (Lipinski definition) is 2. The third-order valence-corrected chi connectivity index (χ3v) is 3.59. The van der Waals surface area contributed by atoms with Crippen LogP contribution in [-0.4, -0.2) is 26.2 Å². The summed E-state index contributed by atoms with van der Waals surface area (Å²) in [5, 5.41) is 6.36. The molecule has 4 nitrogen and oxygen atoms in total. The van der Waals surface area contributed by atoms with Crippen LogP contribution < -0.4 is 15.4 Å². The van der Waals surface area contributed by atoms with E-state index in [4.69, 9.17) is 4.74 Å². The third-order valence-electron chi connectivity index (χ3n) is 3.59. The van der Waals surface area contributed by atoms with Crippen molar-refractivity contribution in [3.63, 3.8) is 0 Å². The molecule has 0 unspecified atom stereocenters. The highest BCUT2D eigenvalue weighted by atomic mass is 19.1. The number of benzene rings is 2. The maximum absolute atomic E-state index is 13.6. The Kier molecular flexibility index (Phi) is 7.08. The van der Waals surface area contributed by atoms with E-state index in [-0.39, 0.29) is 5.82 Å². The maximum Gasteiger partial charge on any atom is 0.191 e. The van der Waals surface area contributed by atoms with Gasteiger partial charge in [0.05, 0.1) is 6.61 Å². The van der Waals surface area contributed by atoms with Gasteiger partial charge in [-0.25, -0.2) is 4.39 Å². The summed E-state index contributed by atoms with van der Waals surface area (Å²) >= 11 is 0. The monoisotopic (exact) mass is 329 g/mol. The smallest absolute Gasteiger partial charge is 0.191 e. The van der Waals surface area contributed by atoms with Crippen LogP contribution in [0.2, 0.25) is 0 Å². The average molecular weight is 329 g/mol. The quantitative estimate of drug-likeness (QED) is 0.606. The van der Waals surface area contributed by atoms with Crippen LogP contribution >= 0.6 is 0 Å². The van der Waals surface area contributed by atoms with E-state index >= 15 is 0 Å². The van der Waals surface area contributed by atoms with Crippen LogP contribution in [0.4, 0.5) is 4.39 Å². The third kappa shape index (κ3) is 5.26. The first kappa shape index (κ1) is 17.8. The second-order valence-corrected chi connectivity index (χ2v) is 5.23. The van der Waals surface area contributed by atoms with Gasteiger partial charge in [0, 0.05) is 25.7 Å². The lowest BCUT2D eigenvalue weighted by molar-refractivity contribution is 0.336. The predicted octanol–water partition coefficient (Wildman–Crippen LogP) is 3.13. The summed E-state index contributed by atoms with van der Waals surface area (Å²) in [4.78, 5) is 4.16. The molecule has 2 aromatic carbocycles. The fourth-order valence-electron chi connectivity index (χ4n) is 2.36. The van der Waals surface area contributed by atoms with Gasteiger partial charge in [-0.1, -0.05) is 36.4 Å². The number of rotatable bonds is 7. The summed E-state index contributed by atoms with van der Waals surface area (Å²) in [6.45, 7) is 3.72. The second kappa shape index (κ2) is 9.55. The van der Waals surface area contributed by atoms with Gasteiger partial charge in [-0.15, -0.1) is 0 Å². The number of ether oxygens (including phenoxy) is 1. The predicted molar refractivity (Wildman–Crippen MR) is 95.9 cm³/mol. The first-order valence-corrected chi connectivity index (χ1v) is 8.13. The molecule has 0 aliphatic rings. The van der Waals surface area contributed by atoms with Crippen molar-refractivity contribution in [1.29, 1.82) is 0 Å². The van der Waals surface area contributed by atoms with Crippen molar-refractivity contribution in [2.45, 2.75) is 19.9 Å². The molecule has 0 heterocycles. The molecule has 0 spiro atoms. The Labute approximate surface area is 142 Å². The molecule has 5 heteroatoms. The number of halogens is 1. The standard InChI is InChI=1S/C19H24FN3O/c1-3-24-18-11-7-5-8-15(18)12-13-22-19(21-2)23-14-16-9-4-6-10-17(16)20/h4-11H,3,12-14H2,1-2H3,(H2,21,22,23). The van der Waals surface area contributed by atoms with Crippen molar-refractivity contribution >= 4 is 5.96 Å². The van der Waals surface area contributed by atoms with Gasteiger partial charge in [-0.2, -0.15) is 0 Å². The van der Waals surface area contributed by atoms with Gasteiger partial charge in [-0.05, 0) is 31.0 Å². The summed E-state index contributed by atoms with van der Waals surface area (Å²) in [6, 6.07) is 14.7. The lowest BCUT2D eigenvalue weighted by Crippen LogP contribution is -2.38. The highest BCUT2D eigenvalue weighted by Crippen LogP contribution is 2.17. The van der Waals surface area contributed by atoms with Gasteiger partial charge in [-0.3, -0.25) is 4.99 Å². The Morgan fingerprint density at radius 1 is 1.04 bits per heavy atom. The van der Waals surface area contributed by atoms with Gasteiger partial charge < -0.3 is 15.4 Å². The zero-order chi connectivity index (χ0) is 17.2. The number of nitrogens with one attached hydrogen (secondary N) is 2. The molecular weight excluding hydrogens is 305 g/mol. The van der Waals surface area contributed by atoms with E-state index < -0.39 is 0 Å². The number of aliphatic imine (C=N–C) groups is 1. The maximum atomic E-state index is 13.6. The zero-order valence-corrected chi connectivity index (χ0v) is 14.2. The molecule has 2 aromatic rings. The van der Waals surface area contributed by atoms with Crippen molar-refractivity contribution in [3.05, 3.63) is 65.5 Å². The van der Waals surface area contributed by atoms with E-state index in [1.54, 1.807) is 19.2 Å². The Hall–Kier alpha value is -2.56. The molecule has 0 atom stereocenters. The molecule has 0 radical (unpaired) electrons. The van der Waals surface area contributed by atoms with Crippen molar-refractivity contribution < 1.29 is 9.13 Å². The van der Waals surface area contributed by atoms with Crippen LogP contribution in [0.25, 0.3) is 0 Å². The Morgan fingerprint density at radius 2 is 1.75 bits per heavy atom. The van der Waals surface area contributed by atoms with E-state index in [2.05, 4.69) is 21.7 Å². The van der Waals surface area contributed by atoms with E-state index in [9.17, 15) is 4.39 Å². The highest BCUT2D eigenvalue weighted by molar-refractivity contribution is 5.79. The first-order valence-electron chi connectivity index (χ1n) is 8.13. The number of guanidine groups is 1. The second-order valence-electron chi connectivity index (χ2n) is 5.23.